The van der Waals surface area contributed by atoms with Crippen LogP contribution in [0.25, 0.3) is 0 Å². The van der Waals surface area contributed by atoms with E-state index in [1.54, 1.807) is 0 Å². The summed E-state index contributed by atoms with van der Waals surface area (Å²) >= 11 is 5.26. The standard InChI is InChI=1S/C19H25N3OS/c1-22(2)13-12-20-19(24)21-14-16-8-10-18(11-9-16)23-15-17-6-4-3-5-7-17/h3-11H,12-15H2,1-2H3,(H2,20,21,24). The summed E-state index contributed by atoms with van der Waals surface area (Å²) in [6.07, 6.45) is 0. The lowest BCUT2D eigenvalue weighted by atomic mass is 10.2. The van der Waals surface area contributed by atoms with Crippen LogP contribution in [0.5, 0.6) is 5.75 Å². The number of ether oxygens (including phenoxy) is 1. The molecular formula is C19H25N3OS. The van der Waals surface area contributed by atoms with Crippen molar-refractivity contribution in [2.45, 2.75) is 13.2 Å². The molecule has 0 amide bonds. The van der Waals surface area contributed by atoms with Crippen LogP contribution in [0.1, 0.15) is 11.1 Å². The summed E-state index contributed by atoms with van der Waals surface area (Å²) in [4.78, 5) is 2.11. The van der Waals surface area contributed by atoms with Crippen LogP contribution >= 0.6 is 12.2 Å². The molecule has 0 saturated heterocycles. The summed E-state index contributed by atoms with van der Waals surface area (Å²) in [5.74, 6) is 0.870. The molecule has 0 bridgehead atoms. The van der Waals surface area contributed by atoms with Gasteiger partial charge in [0.05, 0.1) is 0 Å². The molecule has 24 heavy (non-hydrogen) atoms. The number of hydrogen-bond acceptors (Lipinski definition) is 3. The number of nitrogens with zero attached hydrogens (tertiary/aromatic N) is 1. The van der Waals surface area contributed by atoms with Crippen LogP contribution < -0.4 is 15.4 Å². The maximum atomic E-state index is 5.78. The van der Waals surface area contributed by atoms with Gasteiger partial charge in [0.25, 0.3) is 0 Å². The zero-order valence-electron chi connectivity index (χ0n) is 14.3. The highest BCUT2D eigenvalue weighted by Crippen LogP contribution is 2.14. The predicted octanol–water partition coefficient (Wildman–Crippen LogP) is 2.79. The van der Waals surface area contributed by atoms with Gasteiger partial charge in [0, 0.05) is 19.6 Å². The second-order valence-corrected chi connectivity index (χ2v) is 6.24. The van der Waals surface area contributed by atoms with E-state index >= 15 is 0 Å². The van der Waals surface area contributed by atoms with Crippen molar-refractivity contribution in [2.75, 3.05) is 27.2 Å². The monoisotopic (exact) mass is 343 g/mol. The highest BCUT2D eigenvalue weighted by molar-refractivity contribution is 7.80. The Balaban J connectivity index is 1.70. The first kappa shape index (κ1) is 18.2. The van der Waals surface area contributed by atoms with Crippen LogP contribution in [0.15, 0.2) is 54.6 Å². The fourth-order valence-corrected chi connectivity index (χ4v) is 2.26. The van der Waals surface area contributed by atoms with E-state index in [-0.39, 0.29) is 0 Å². The third kappa shape index (κ3) is 6.98. The molecule has 2 aromatic rings. The first-order valence-corrected chi connectivity index (χ1v) is 8.46. The first-order chi connectivity index (χ1) is 11.6. The van der Waals surface area contributed by atoms with Crippen LogP contribution in [-0.4, -0.2) is 37.2 Å². The minimum absolute atomic E-state index is 0.582. The molecule has 2 rings (SSSR count). The Hall–Kier alpha value is -2.11. The summed E-state index contributed by atoms with van der Waals surface area (Å²) in [5, 5.41) is 7.08. The molecule has 0 spiro atoms. The minimum atomic E-state index is 0.582. The third-order valence-corrected chi connectivity index (χ3v) is 3.76. The summed E-state index contributed by atoms with van der Waals surface area (Å²) in [6.45, 7) is 3.07. The fraction of sp³-hybridized carbons (Fsp3) is 0.316. The molecule has 0 radical (unpaired) electrons. The van der Waals surface area contributed by atoms with E-state index in [1.165, 1.54) is 5.56 Å². The quantitative estimate of drug-likeness (QED) is 0.721. The number of rotatable bonds is 8. The van der Waals surface area contributed by atoms with Gasteiger partial charge in [-0.2, -0.15) is 0 Å². The SMILES string of the molecule is CN(C)CCNC(=S)NCc1ccc(OCc2ccccc2)cc1. The molecule has 0 aliphatic rings. The Morgan fingerprint density at radius 1 is 0.958 bits per heavy atom. The highest BCUT2D eigenvalue weighted by atomic mass is 32.1. The van der Waals surface area contributed by atoms with E-state index in [0.29, 0.717) is 18.3 Å². The molecule has 0 aliphatic heterocycles. The number of benzene rings is 2. The lowest BCUT2D eigenvalue weighted by Crippen LogP contribution is -2.38. The van der Waals surface area contributed by atoms with Crippen molar-refractivity contribution in [1.82, 2.24) is 15.5 Å². The maximum Gasteiger partial charge on any atom is 0.166 e. The van der Waals surface area contributed by atoms with Gasteiger partial charge in [-0.15, -0.1) is 0 Å². The first-order valence-electron chi connectivity index (χ1n) is 8.05. The summed E-state index contributed by atoms with van der Waals surface area (Å²) in [6, 6.07) is 18.2. The van der Waals surface area contributed by atoms with Gasteiger partial charge >= 0.3 is 0 Å². The molecule has 5 heteroatoms. The summed E-state index contributed by atoms with van der Waals surface area (Å²) in [7, 11) is 4.08. The van der Waals surface area contributed by atoms with Crippen LogP contribution in [0, 0.1) is 0 Å². The van der Waals surface area contributed by atoms with Gasteiger partial charge in [0.1, 0.15) is 12.4 Å². The molecule has 128 valence electrons. The van der Waals surface area contributed by atoms with Crippen molar-refractivity contribution < 1.29 is 4.74 Å². The average molecular weight is 343 g/mol. The molecule has 0 fully saturated rings. The van der Waals surface area contributed by atoms with Gasteiger partial charge in [-0.3, -0.25) is 0 Å². The molecule has 4 nitrogen and oxygen atoms in total. The molecule has 0 heterocycles. The van der Waals surface area contributed by atoms with Crippen LogP contribution in [0.4, 0.5) is 0 Å². The van der Waals surface area contributed by atoms with E-state index in [0.717, 1.165) is 24.4 Å². The zero-order valence-corrected chi connectivity index (χ0v) is 15.1. The normalized spacial score (nSPS) is 10.5. The molecule has 2 aromatic carbocycles. The topological polar surface area (TPSA) is 36.5 Å². The minimum Gasteiger partial charge on any atom is -0.489 e. The number of nitrogens with one attached hydrogen (secondary N) is 2. The van der Waals surface area contributed by atoms with Gasteiger partial charge in [0.15, 0.2) is 5.11 Å². The number of likely N-dealkylation sites (N-methyl/N-ethyl adjacent to an activating group) is 1. The van der Waals surface area contributed by atoms with E-state index in [9.17, 15) is 0 Å². The average Bonchev–Trinajstić information content (AvgIpc) is 2.59. The van der Waals surface area contributed by atoms with Gasteiger partial charge in [0.2, 0.25) is 0 Å². The van der Waals surface area contributed by atoms with Crippen molar-refractivity contribution >= 4 is 17.3 Å². The fourth-order valence-electron chi connectivity index (χ4n) is 2.08. The Labute approximate surface area is 149 Å². The molecule has 2 N–H and O–H groups in total. The lowest BCUT2D eigenvalue weighted by molar-refractivity contribution is 0.306. The Kier molecular flexibility index (Phi) is 7.52. The van der Waals surface area contributed by atoms with Crippen molar-refractivity contribution in [3.8, 4) is 5.75 Å². The van der Waals surface area contributed by atoms with E-state index in [2.05, 4.69) is 39.8 Å². The lowest BCUT2D eigenvalue weighted by Gasteiger charge is -2.13. The van der Waals surface area contributed by atoms with Crippen LogP contribution in [0.3, 0.4) is 0 Å². The third-order valence-electron chi connectivity index (χ3n) is 3.47. The van der Waals surface area contributed by atoms with Crippen molar-refractivity contribution in [2.24, 2.45) is 0 Å². The maximum absolute atomic E-state index is 5.78. The van der Waals surface area contributed by atoms with Crippen molar-refractivity contribution in [3.05, 3.63) is 65.7 Å². The Morgan fingerprint density at radius 2 is 1.67 bits per heavy atom. The van der Waals surface area contributed by atoms with Crippen LogP contribution in [-0.2, 0) is 13.2 Å². The van der Waals surface area contributed by atoms with Gasteiger partial charge < -0.3 is 20.3 Å². The Bertz CT molecular complexity index is 614. The highest BCUT2D eigenvalue weighted by Gasteiger charge is 1.99. The molecule has 0 atom stereocenters. The number of hydrogen-bond donors (Lipinski definition) is 2. The molecule has 0 unspecified atom stereocenters. The van der Waals surface area contributed by atoms with E-state index in [1.807, 2.05) is 44.4 Å². The van der Waals surface area contributed by atoms with Gasteiger partial charge in [-0.05, 0) is 49.6 Å². The predicted molar refractivity (Wildman–Crippen MR) is 103 cm³/mol. The summed E-state index contributed by atoms with van der Waals surface area (Å²) in [5.41, 5.74) is 2.33. The molecule has 0 aromatic heterocycles. The van der Waals surface area contributed by atoms with Gasteiger partial charge in [-0.25, -0.2) is 0 Å². The van der Waals surface area contributed by atoms with E-state index in [4.69, 9.17) is 17.0 Å². The molecule has 0 aliphatic carbocycles. The smallest absolute Gasteiger partial charge is 0.166 e. The number of thiocarbonyl (C=S) groups is 1. The molecular weight excluding hydrogens is 318 g/mol. The van der Waals surface area contributed by atoms with Crippen molar-refractivity contribution in [3.63, 3.8) is 0 Å². The second kappa shape index (κ2) is 9.90. The molecule has 0 saturated carbocycles. The van der Waals surface area contributed by atoms with Crippen molar-refractivity contribution in [1.29, 1.82) is 0 Å². The van der Waals surface area contributed by atoms with E-state index < -0.39 is 0 Å². The van der Waals surface area contributed by atoms with Crippen LogP contribution in [0.2, 0.25) is 0 Å². The Morgan fingerprint density at radius 3 is 2.33 bits per heavy atom. The zero-order chi connectivity index (χ0) is 17.2. The largest absolute Gasteiger partial charge is 0.489 e. The van der Waals surface area contributed by atoms with Gasteiger partial charge in [-0.1, -0.05) is 42.5 Å². The second-order valence-electron chi connectivity index (χ2n) is 5.83. The summed E-state index contributed by atoms with van der Waals surface area (Å²) < 4.78 is 5.78.